The van der Waals surface area contributed by atoms with Crippen LogP contribution in [0.25, 0.3) is 0 Å². The van der Waals surface area contributed by atoms with Crippen molar-refractivity contribution in [3.05, 3.63) is 34.3 Å². The molecule has 0 radical (unpaired) electrons. The van der Waals surface area contributed by atoms with E-state index in [2.05, 4.69) is 33.4 Å². The van der Waals surface area contributed by atoms with Crippen molar-refractivity contribution in [2.45, 2.75) is 25.6 Å². The quantitative estimate of drug-likeness (QED) is 0.926. The Morgan fingerprint density at radius 3 is 3.00 bits per heavy atom. The first kappa shape index (κ1) is 14.0. The van der Waals surface area contributed by atoms with E-state index in [1.54, 1.807) is 0 Å². The predicted octanol–water partition coefficient (Wildman–Crippen LogP) is 3.14. The highest BCUT2D eigenvalue weighted by molar-refractivity contribution is 9.10. The van der Waals surface area contributed by atoms with Gasteiger partial charge in [0.1, 0.15) is 0 Å². The number of hydrogen-bond donors (Lipinski definition) is 1. The molecule has 1 aromatic rings. The van der Waals surface area contributed by atoms with Gasteiger partial charge in [-0.3, -0.25) is 0 Å². The van der Waals surface area contributed by atoms with Gasteiger partial charge in [0, 0.05) is 11.0 Å². The summed E-state index contributed by atoms with van der Waals surface area (Å²) in [6.45, 7) is 2.84. The zero-order chi connectivity index (χ0) is 10.5. The summed E-state index contributed by atoms with van der Waals surface area (Å²) in [4.78, 5) is 0. The van der Waals surface area contributed by atoms with Crippen LogP contribution >= 0.6 is 28.3 Å². The van der Waals surface area contributed by atoms with E-state index in [4.69, 9.17) is 4.74 Å². The number of nitrogens with one attached hydrogen (secondary N) is 1. The molecule has 0 spiro atoms. The van der Waals surface area contributed by atoms with Crippen molar-refractivity contribution < 1.29 is 4.74 Å². The molecular formula is C12H17BrClNO. The van der Waals surface area contributed by atoms with Gasteiger partial charge < -0.3 is 10.1 Å². The Labute approximate surface area is 111 Å². The van der Waals surface area contributed by atoms with Crippen molar-refractivity contribution in [3.8, 4) is 0 Å². The first-order chi connectivity index (χ1) is 7.34. The molecule has 2 nitrogen and oxygen atoms in total. The van der Waals surface area contributed by atoms with Crippen molar-refractivity contribution >= 4 is 28.3 Å². The lowest BCUT2D eigenvalue weighted by Gasteiger charge is -2.23. The highest BCUT2D eigenvalue weighted by Crippen LogP contribution is 2.14. The predicted molar refractivity (Wildman–Crippen MR) is 72.1 cm³/mol. The molecular weight excluding hydrogens is 289 g/mol. The maximum atomic E-state index is 5.84. The maximum Gasteiger partial charge on any atom is 0.0721 e. The maximum absolute atomic E-state index is 5.84. The number of piperidine rings is 1. The van der Waals surface area contributed by atoms with Gasteiger partial charge in [-0.15, -0.1) is 12.4 Å². The highest BCUT2D eigenvalue weighted by atomic mass is 79.9. The Morgan fingerprint density at radius 1 is 1.44 bits per heavy atom. The third kappa shape index (κ3) is 4.42. The van der Waals surface area contributed by atoms with Gasteiger partial charge >= 0.3 is 0 Å². The molecule has 1 fully saturated rings. The zero-order valence-electron chi connectivity index (χ0n) is 9.12. The second-order valence-electron chi connectivity index (χ2n) is 3.91. The molecule has 0 saturated carbocycles. The second kappa shape index (κ2) is 7.28. The topological polar surface area (TPSA) is 21.3 Å². The highest BCUT2D eigenvalue weighted by Gasteiger charge is 2.12. The first-order valence-electron chi connectivity index (χ1n) is 5.41. The standard InChI is InChI=1S/C12H16BrNO.ClH/c13-11-4-1-3-10(7-11)9-15-12-5-2-6-14-8-12;/h1,3-4,7,12,14H,2,5-6,8-9H2;1H. The molecule has 0 bridgehead atoms. The van der Waals surface area contributed by atoms with Crippen LogP contribution in [0.3, 0.4) is 0 Å². The Morgan fingerprint density at radius 2 is 2.31 bits per heavy atom. The second-order valence-corrected chi connectivity index (χ2v) is 4.82. The van der Waals surface area contributed by atoms with Crippen molar-refractivity contribution in [1.82, 2.24) is 5.32 Å². The summed E-state index contributed by atoms with van der Waals surface area (Å²) in [7, 11) is 0. The third-order valence-electron chi connectivity index (χ3n) is 2.63. The van der Waals surface area contributed by atoms with Crippen LogP contribution < -0.4 is 5.32 Å². The van der Waals surface area contributed by atoms with Crippen LogP contribution in [0, 0.1) is 0 Å². The first-order valence-corrected chi connectivity index (χ1v) is 6.20. The normalized spacial score (nSPS) is 20.2. The molecule has 1 N–H and O–H groups in total. The molecule has 1 aliphatic rings. The summed E-state index contributed by atoms with van der Waals surface area (Å²) in [5.41, 5.74) is 1.23. The minimum absolute atomic E-state index is 0. The van der Waals surface area contributed by atoms with E-state index < -0.39 is 0 Å². The molecule has 16 heavy (non-hydrogen) atoms. The van der Waals surface area contributed by atoms with Gasteiger partial charge in [-0.2, -0.15) is 0 Å². The van der Waals surface area contributed by atoms with Crippen molar-refractivity contribution in [3.63, 3.8) is 0 Å². The van der Waals surface area contributed by atoms with Crippen LogP contribution in [-0.4, -0.2) is 19.2 Å². The van der Waals surface area contributed by atoms with Crippen LogP contribution in [0.1, 0.15) is 18.4 Å². The molecule has 1 aliphatic heterocycles. The molecule has 90 valence electrons. The minimum Gasteiger partial charge on any atom is -0.372 e. The third-order valence-corrected chi connectivity index (χ3v) is 3.12. The van der Waals surface area contributed by atoms with E-state index >= 15 is 0 Å². The van der Waals surface area contributed by atoms with E-state index in [0.29, 0.717) is 12.7 Å². The summed E-state index contributed by atoms with van der Waals surface area (Å²) in [5.74, 6) is 0. The fourth-order valence-corrected chi connectivity index (χ4v) is 2.25. The average Bonchev–Trinajstić information content (AvgIpc) is 2.28. The molecule has 1 atom stereocenters. The lowest BCUT2D eigenvalue weighted by Crippen LogP contribution is -2.35. The average molecular weight is 307 g/mol. The fourth-order valence-electron chi connectivity index (χ4n) is 1.80. The van der Waals surface area contributed by atoms with Gasteiger partial charge in [0.05, 0.1) is 12.7 Å². The summed E-state index contributed by atoms with van der Waals surface area (Å²) in [6.07, 6.45) is 2.79. The smallest absolute Gasteiger partial charge is 0.0721 e. The lowest BCUT2D eigenvalue weighted by molar-refractivity contribution is 0.0253. The summed E-state index contributed by atoms with van der Waals surface area (Å²) in [6, 6.07) is 8.28. The number of halogens is 2. The van der Waals surface area contributed by atoms with E-state index in [0.717, 1.165) is 17.6 Å². The van der Waals surface area contributed by atoms with Crippen LogP contribution in [0.15, 0.2) is 28.7 Å². The lowest BCUT2D eigenvalue weighted by atomic mass is 10.1. The SMILES string of the molecule is Brc1cccc(COC2CCCNC2)c1.Cl. The van der Waals surface area contributed by atoms with Gasteiger partial charge in [-0.25, -0.2) is 0 Å². The van der Waals surface area contributed by atoms with Crippen LogP contribution in [-0.2, 0) is 11.3 Å². The molecule has 0 amide bonds. The van der Waals surface area contributed by atoms with Crippen LogP contribution in [0.4, 0.5) is 0 Å². The summed E-state index contributed by atoms with van der Waals surface area (Å²) in [5, 5.41) is 3.35. The molecule has 2 rings (SSSR count). The molecule has 1 aromatic carbocycles. The van der Waals surface area contributed by atoms with Crippen molar-refractivity contribution in [2.75, 3.05) is 13.1 Å². The molecule has 0 aromatic heterocycles. The van der Waals surface area contributed by atoms with Gasteiger partial charge in [0.2, 0.25) is 0 Å². The van der Waals surface area contributed by atoms with Crippen molar-refractivity contribution in [2.24, 2.45) is 0 Å². The van der Waals surface area contributed by atoms with Gasteiger partial charge in [0.25, 0.3) is 0 Å². The largest absolute Gasteiger partial charge is 0.372 e. The Balaban J connectivity index is 0.00000128. The van der Waals surface area contributed by atoms with Gasteiger partial charge in [-0.05, 0) is 37.1 Å². The number of hydrogen-bond acceptors (Lipinski definition) is 2. The van der Waals surface area contributed by atoms with Gasteiger partial charge in [0.15, 0.2) is 0 Å². The molecule has 4 heteroatoms. The van der Waals surface area contributed by atoms with E-state index in [-0.39, 0.29) is 12.4 Å². The zero-order valence-corrected chi connectivity index (χ0v) is 11.5. The Kier molecular flexibility index (Phi) is 6.36. The molecule has 0 aliphatic carbocycles. The Hall–Kier alpha value is -0.0900. The molecule has 1 saturated heterocycles. The van der Waals surface area contributed by atoms with E-state index in [9.17, 15) is 0 Å². The number of rotatable bonds is 3. The molecule has 1 heterocycles. The molecule has 1 unspecified atom stereocenters. The van der Waals surface area contributed by atoms with E-state index in [1.165, 1.54) is 18.4 Å². The van der Waals surface area contributed by atoms with Crippen LogP contribution in [0.2, 0.25) is 0 Å². The monoisotopic (exact) mass is 305 g/mol. The number of ether oxygens (including phenoxy) is 1. The summed E-state index contributed by atoms with van der Waals surface area (Å²) >= 11 is 3.46. The fraction of sp³-hybridized carbons (Fsp3) is 0.500. The van der Waals surface area contributed by atoms with Gasteiger partial charge in [-0.1, -0.05) is 28.1 Å². The van der Waals surface area contributed by atoms with Crippen molar-refractivity contribution in [1.29, 1.82) is 0 Å². The Bertz CT molecular complexity index is 316. The van der Waals surface area contributed by atoms with E-state index in [1.807, 2.05) is 12.1 Å². The minimum atomic E-state index is 0. The summed E-state index contributed by atoms with van der Waals surface area (Å²) < 4.78 is 6.96. The van der Waals surface area contributed by atoms with Crippen LogP contribution in [0.5, 0.6) is 0 Å². The number of benzene rings is 1.